The van der Waals surface area contributed by atoms with Crippen molar-refractivity contribution < 1.29 is 17.9 Å². The standard InChI is InChI=1S/C21H16F3N3O/c1-28-18-10-3-2-6-15(18)13-19-25-20-17(9-5-11-27(20)26-19)14-7-4-8-16(12-14)21(22,23)24/h2-12H,13H2,1H3. The van der Waals surface area contributed by atoms with Crippen LogP contribution in [0.5, 0.6) is 5.75 Å². The second kappa shape index (κ2) is 6.99. The number of para-hydroxylation sites is 1. The number of hydrogen-bond donors (Lipinski definition) is 0. The van der Waals surface area contributed by atoms with Crippen molar-refractivity contribution in [3.63, 3.8) is 0 Å². The molecule has 2 aromatic carbocycles. The summed E-state index contributed by atoms with van der Waals surface area (Å²) in [4.78, 5) is 4.57. The lowest BCUT2D eigenvalue weighted by molar-refractivity contribution is -0.137. The highest BCUT2D eigenvalue weighted by Crippen LogP contribution is 2.33. The first-order valence-electron chi connectivity index (χ1n) is 8.59. The van der Waals surface area contributed by atoms with Crippen molar-refractivity contribution in [2.75, 3.05) is 7.11 Å². The summed E-state index contributed by atoms with van der Waals surface area (Å²) in [5.74, 6) is 1.29. The van der Waals surface area contributed by atoms with E-state index < -0.39 is 11.7 Å². The first-order valence-corrected chi connectivity index (χ1v) is 8.59. The summed E-state index contributed by atoms with van der Waals surface area (Å²) in [6.07, 6.45) is -2.22. The molecule has 0 aliphatic carbocycles. The second-order valence-electron chi connectivity index (χ2n) is 6.29. The zero-order valence-corrected chi connectivity index (χ0v) is 14.9. The first-order chi connectivity index (χ1) is 13.5. The van der Waals surface area contributed by atoms with Crippen LogP contribution >= 0.6 is 0 Å². The van der Waals surface area contributed by atoms with Gasteiger partial charge in [0.15, 0.2) is 11.5 Å². The third-order valence-corrected chi connectivity index (χ3v) is 4.45. The number of alkyl halides is 3. The summed E-state index contributed by atoms with van der Waals surface area (Å²) >= 11 is 0. The Bertz CT molecular complexity index is 1140. The van der Waals surface area contributed by atoms with Crippen molar-refractivity contribution in [1.29, 1.82) is 0 Å². The fraction of sp³-hybridized carbons (Fsp3) is 0.143. The maximum Gasteiger partial charge on any atom is 0.416 e. The minimum Gasteiger partial charge on any atom is -0.496 e. The Kier molecular flexibility index (Phi) is 4.50. The highest BCUT2D eigenvalue weighted by Gasteiger charge is 2.30. The maximum absolute atomic E-state index is 13.1. The molecular formula is C21H16F3N3O. The molecule has 4 rings (SSSR count). The van der Waals surface area contributed by atoms with Crippen LogP contribution in [-0.2, 0) is 12.6 Å². The van der Waals surface area contributed by atoms with Gasteiger partial charge in [-0.15, -0.1) is 0 Å². The van der Waals surface area contributed by atoms with Crippen LogP contribution < -0.4 is 4.74 Å². The molecule has 7 heteroatoms. The monoisotopic (exact) mass is 383 g/mol. The maximum atomic E-state index is 13.1. The minimum absolute atomic E-state index is 0.441. The van der Waals surface area contributed by atoms with E-state index in [0.717, 1.165) is 23.4 Å². The van der Waals surface area contributed by atoms with E-state index in [1.807, 2.05) is 24.3 Å². The van der Waals surface area contributed by atoms with Crippen molar-refractivity contribution in [1.82, 2.24) is 14.6 Å². The van der Waals surface area contributed by atoms with Crippen LogP contribution in [0, 0.1) is 0 Å². The van der Waals surface area contributed by atoms with Gasteiger partial charge in [0.05, 0.1) is 12.7 Å². The molecule has 0 amide bonds. The average Bonchev–Trinajstić information content (AvgIpc) is 3.10. The molecule has 4 nitrogen and oxygen atoms in total. The number of ether oxygens (including phenoxy) is 1. The fourth-order valence-electron chi connectivity index (χ4n) is 3.13. The van der Waals surface area contributed by atoms with Crippen molar-refractivity contribution in [3.8, 4) is 16.9 Å². The predicted molar refractivity (Wildman–Crippen MR) is 99.2 cm³/mol. The fourth-order valence-corrected chi connectivity index (χ4v) is 3.13. The van der Waals surface area contributed by atoms with Crippen LogP contribution in [0.15, 0.2) is 66.9 Å². The lowest BCUT2D eigenvalue weighted by atomic mass is 10.0. The molecule has 0 spiro atoms. The lowest BCUT2D eigenvalue weighted by Gasteiger charge is -2.09. The average molecular weight is 383 g/mol. The normalized spacial score (nSPS) is 11.7. The molecule has 0 bridgehead atoms. The quantitative estimate of drug-likeness (QED) is 0.497. The Morgan fingerprint density at radius 2 is 1.82 bits per heavy atom. The van der Waals surface area contributed by atoms with Gasteiger partial charge in [-0.2, -0.15) is 18.3 Å². The number of benzene rings is 2. The number of hydrogen-bond acceptors (Lipinski definition) is 3. The summed E-state index contributed by atoms with van der Waals surface area (Å²) in [7, 11) is 1.60. The number of fused-ring (bicyclic) bond motifs is 1. The summed E-state index contributed by atoms with van der Waals surface area (Å²) in [5.41, 5.74) is 1.78. The van der Waals surface area contributed by atoms with Gasteiger partial charge in [-0.1, -0.05) is 30.3 Å². The molecule has 2 heterocycles. The van der Waals surface area contributed by atoms with Gasteiger partial charge in [-0.25, -0.2) is 9.50 Å². The highest BCUT2D eigenvalue weighted by molar-refractivity contribution is 5.77. The van der Waals surface area contributed by atoms with Gasteiger partial charge in [0, 0.05) is 23.7 Å². The molecule has 0 radical (unpaired) electrons. The molecule has 0 aliphatic rings. The van der Waals surface area contributed by atoms with E-state index in [-0.39, 0.29) is 0 Å². The number of halogens is 3. The number of methoxy groups -OCH3 is 1. The van der Waals surface area contributed by atoms with Crippen LogP contribution in [0.1, 0.15) is 17.0 Å². The van der Waals surface area contributed by atoms with Crippen LogP contribution in [0.25, 0.3) is 16.8 Å². The molecule has 0 saturated heterocycles. The van der Waals surface area contributed by atoms with Gasteiger partial charge in [0.1, 0.15) is 5.75 Å². The van der Waals surface area contributed by atoms with Crippen LogP contribution in [-0.4, -0.2) is 21.7 Å². The predicted octanol–water partition coefficient (Wildman–Crippen LogP) is 5.01. The van der Waals surface area contributed by atoms with Gasteiger partial charge in [-0.3, -0.25) is 0 Å². The molecule has 0 aliphatic heterocycles. The van der Waals surface area contributed by atoms with E-state index in [2.05, 4.69) is 10.1 Å². The molecule has 0 unspecified atom stereocenters. The Morgan fingerprint density at radius 1 is 1.00 bits per heavy atom. The molecule has 28 heavy (non-hydrogen) atoms. The van der Waals surface area contributed by atoms with Crippen LogP contribution in [0.2, 0.25) is 0 Å². The van der Waals surface area contributed by atoms with Gasteiger partial charge < -0.3 is 4.74 Å². The molecule has 0 saturated carbocycles. The van der Waals surface area contributed by atoms with Gasteiger partial charge in [0.25, 0.3) is 0 Å². The summed E-state index contributed by atoms with van der Waals surface area (Å²) < 4.78 is 46.2. The number of rotatable bonds is 4. The van der Waals surface area contributed by atoms with Crippen molar-refractivity contribution in [2.45, 2.75) is 12.6 Å². The largest absolute Gasteiger partial charge is 0.496 e. The Morgan fingerprint density at radius 3 is 2.61 bits per heavy atom. The SMILES string of the molecule is COc1ccccc1Cc1nc2c(-c3cccc(C(F)(F)F)c3)cccn2n1. The summed E-state index contributed by atoms with van der Waals surface area (Å²) in [5, 5.41) is 4.47. The Balaban J connectivity index is 1.76. The Labute approximate surface area is 159 Å². The molecule has 0 fully saturated rings. The lowest BCUT2D eigenvalue weighted by Crippen LogP contribution is -2.04. The van der Waals surface area contributed by atoms with Crippen molar-refractivity contribution >= 4 is 5.65 Å². The van der Waals surface area contributed by atoms with Gasteiger partial charge in [-0.05, 0) is 35.9 Å². The number of aromatic nitrogens is 3. The molecule has 0 atom stereocenters. The van der Waals surface area contributed by atoms with E-state index in [1.165, 1.54) is 6.07 Å². The molecule has 142 valence electrons. The van der Waals surface area contributed by atoms with Crippen LogP contribution in [0.3, 0.4) is 0 Å². The minimum atomic E-state index is -4.40. The van der Waals surface area contributed by atoms with E-state index in [4.69, 9.17) is 4.74 Å². The van der Waals surface area contributed by atoms with Crippen LogP contribution in [0.4, 0.5) is 13.2 Å². The molecule has 2 aromatic heterocycles. The molecule has 0 N–H and O–H groups in total. The summed E-state index contributed by atoms with van der Waals surface area (Å²) in [6, 6.07) is 16.3. The van der Waals surface area contributed by atoms with E-state index in [9.17, 15) is 13.2 Å². The zero-order valence-electron chi connectivity index (χ0n) is 14.9. The third kappa shape index (κ3) is 3.43. The summed E-state index contributed by atoms with van der Waals surface area (Å²) in [6.45, 7) is 0. The molecular weight excluding hydrogens is 367 g/mol. The van der Waals surface area contributed by atoms with Gasteiger partial charge in [0.2, 0.25) is 0 Å². The third-order valence-electron chi connectivity index (χ3n) is 4.45. The smallest absolute Gasteiger partial charge is 0.416 e. The van der Waals surface area contributed by atoms with Gasteiger partial charge >= 0.3 is 6.18 Å². The van der Waals surface area contributed by atoms with E-state index >= 15 is 0 Å². The molecule has 4 aromatic rings. The second-order valence-corrected chi connectivity index (χ2v) is 6.29. The Hall–Kier alpha value is -3.35. The van der Waals surface area contributed by atoms with E-state index in [1.54, 1.807) is 36.0 Å². The highest BCUT2D eigenvalue weighted by atomic mass is 19.4. The van der Waals surface area contributed by atoms with E-state index in [0.29, 0.717) is 29.0 Å². The van der Waals surface area contributed by atoms with Crippen molar-refractivity contribution in [2.24, 2.45) is 0 Å². The van der Waals surface area contributed by atoms with Crippen molar-refractivity contribution in [3.05, 3.63) is 83.8 Å². The first kappa shape index (κ1) is 18.0. The number of pyridine rings is 1. The zero-order chi connectivity index (χ0) is 19.7. The number of nitrogens with zero attached hydrogens (tertiary/aromatic N) is 3. The topological polar surface area (TPSA) is 39.4 Å².